The van der Waals surface area contributed by atoms with Gasteiger partial charge in [-0.1, -0.05) is 54.6 Å². The predicted molar refractivity (Wildman–Crippen MR) is 93.3 cm³/mol. The molecule has 4 rings (SSSR count). The summed E-state index contributed by atoms with van der Waals surface area (Å²) in [6, 6.07) is 17.0. The molecule has 0 bridgehead atoms. The Kier molecular flexibility index (Phi) is 3.37. The first kappa shape index (κ1) is 14.0. The number of hydrogen-bond acceptors (Lipinski definition) is 3. The van der Waals surface area contributed by atoms with Crippen molar-refractivity contribution in [2.24, 2.45) is 0 Å². The van der Waals surface area contributed by atoms with E-state index in [4.69, 9.17) is 0 Å². The number of fused-ring (bicyclic) bond motifs is 5. The lowest BCUT2D eigenvalue weighted by atomic mass is 9.96. The van der Waals surface area contributed by atoms with Gasteiger partial charge in [0.05, 0.1) is 5.69 Å². The summed E-state index contributed by atoms with van der Waals surface area (Å²) < 4.78 is 2.05. The number of rotatable bonds is 2. The van der Waals surface area contributed by atoms with Gasteiger partial charge in [-0.3, -0.25) is 0 Å². The first-order valence-electron chi connectivity index (χ1n) is 8.12. The highest BCUT2D eigenvalue weighted by atomic mass is 15.4. The normalized spacial score (nSPS) is 12.9. The van der Waals surface area contributed by atoms with Crippen LogP contribution in [0.15, 0.2) is 48.5 Å². The van der Waals surface area contributed by atoms with Crippen LogP contribution in [0.5, 0.6) is 0 Å². The topological polar surface area (TPSA) is 34.0 Å². The van der Waals surface area contributed by atoms with Crippen molar-refractivity contribution < 1.29 is 0 Å². The SMILES string of the molecule is CCCn1nnc2c1-c1ccccc1CN(C)c1ccccc1-2. The van der Waals surface area contributed by atoms with Gasteiger partial charge < -0.3 is 4.90 Å². The van der Waals surface area contributed by atoms with Gasteiger partial charge in [-0.15, -0.1) is 5.10 Å². The van der Waals surface area contributed by atoms with E-state index in [2.05, 4.69) is 82.4 Å². The Bertz CT molecular complexity index is 850. The number of aryl methyl sites for hydroxylation is 1. The minimum absolute atomic E-state index is 0.879. The molecule has 3 aromatic rings. The molecule has 0 spiro atoms. The molecule has 4 nitrogen and oxygen atoms in total. The number of para-hydroxylation sites is 1. The predicted octanol–water partition coefficient (Wildman–Crippen LogP) is 3.97. The van der Waals surface area contributed by atoms with Crippen LogP contribution in [-0.2, 0) is 13.1 Å². The molecule has 0 amide bonds. The molecule has 0 saturated heterocycles. The van der Waals surface area contributed by atoms with Crippen molar-refractivity contribution in [3.05, 3.63) is 54.1 Å². The van der Waals surface area contributed by atoms with E-state index in [1.807, 2.05) is 0 Å². The second-order valence-electron chi connectivity index (χ2n) is 6.04. The fraction of sp³-hybridized carbons (Fsp3) is 0.263. The monoisotopic (exact) mass is 304 g/mol. The number of anilines is 1. The van der Waals surface area contributed by atoms with Crippen LogP contribution >= 0.6 is 0 Å². The van der Waals surface area contributed by atoms with E-state index in [0.29, 0.717) is 0 Å². The third-order valence-corrected chi connectivity index (χ3v) is 4.42. The summed E-state index contributed by atoms with van der Waals surface area (Å²) in [7, 11) is 2.14. The third-order valence-electron chi connectivity index (χ3n) is 4.42. The number of aromatic nitrogens is 3. The van der Waals surface area contributed by atoms with Gasteiger partial charge >= 0.3 is 0 Å². The van der Waals surface area contributed by atoms with E-state index in [1.165, 1.54) is 16.8 Å². The zero-order chi connectivity index (χ0) is 15.8. The van der Waals surface area contributed by atoms with E-state index < -0.39 is 0 Å². The lowest BCUT2D eigenvalue weighted by Crippen LogP contribution is -2.19. The van der Waals surface area contributed by atoms with Crippen molar-refractivity contribution in [2.45, 2.75) is 26.4 Å². The second kappa shape index (κ2) is 5.54. The van der Waals surface area contributed by atoms with E-state index >= 15 is 0 Å². The molecule has 4 heteroatoms. The molecule has 1 aromatic heterocycles. The van der Waals surface area contributed by atoms with Gasteiger partial charge in [0, 0.05) is 37.0 Å². The average molecular weight is 304 g/mol. The van der Waals surface area contributed by atoms with Crippen molar-refractivity contribution in [2.75, 3.05) is 11.9 Å². The first-order chi connectivity index (χ1) is 11.3. The summed E-state index contributed by atoms with van der Waals surface area (Å²) in [5, 5.41) is 8.98. The summed E-state index contributed by atoms with van der Waals surface area (Å²) in [6.07, 6.45) is 1.04. The van der Waals surface area contributed by atoms with Crippen LogP contribution in [0, 0.1) is 0 Å². The average Bonchev–Trinajstić information content (AvgIpc) is 2.98. The van der Waals surface area contributed by atoms with Crippen LogP contribution in [0.25, 0.3) is 22.5 Å². The lowest BCUT2D eigenvalue weighted by molar-refractivity contribution is 0.584. The van der Waals surface area contributed by atoms with E-state index in [0.717, 1.165) is 36.5 Å². The van der Waals surface area contributed by atoms with Crippen molar-refractivity contribution in [1.29, 1.82) is 0 Å². The molecular formula is C19H20N4. The van der Waals surface area contributed by atoms with Crippen LogP contribution in [0.4, 0.5) is 5.69 Å². The standard InChI is InChI=1S/C19H20N4/c1-3-12-23-19-15-9-5-4-8-14(15)13-22(2)17-11-7-6-10-16(17)18(19)20-21-23/h4-11H,3,12-13H2,1-2H3. The van der Waals surface area contributed by atoms with Crippen LogP contribution in [-0.4, -0.2) is 22.0 Å². The first-order valence-corrected chi connectivity index (χ1v) is 8.12. The Labute approximate surface area is 136 Å². The van der Waals surface area contributed by atoms with Crippen molar-refractivity contribution in [1.82, 2.24) is 15.0 Å². The molecule has 1 aliphatic rings. The fourth-order valence-corrected chi connectivity index (χ4v) is 3.37. The van der Waals surface area contributed by atoms with Crippen LogP contribution in [0.3, 0.4) is 0 Å². The highest BCUT2D eigenvalue weighted by Crippen LogP contribution is 2.40. The van der Waals surface area contributed by atoms with Crippen molar-refractivity contribution >= 4 is 5.69 Å². The molecule has 0 saturated carbocycles. The van der Waals surface area contributed by atoms with Crippen LogP contribution < -0.4 is 4.90 Å². The smallest absolute Gasteiger partial charge is 0.123 e. The molecule has 0 radical (unpaired) electrons. The highest BCUT2D eigenvalue weighted by Gasteiger charge is 2.24. The largest absolute Gasteiger partial charge is 0.370 e. The molecule has 0 unspecified atom stereocenters. The zero-order valence-corrected chi connectivity index (χ0v) is 13.5. The molecule has 2 aromatic carbocycles. The van der Waals surface area contributed by atoms with Gasteiger partial charge in [0.1, 0.15) is 5.69 Å². The van der Waals surface area contributed by atoms with E-state index in [-0.39, 0.29) is 0 Å². The minimum Gasteiger partial charge on any atom is -0.370 e. The van der Waals surface area contributed by atoms with Gasteiger partial charge in [0.25, 0.3) is 0 Å². The zero-order valence-electron chi connectivity index (χ0n) is 13.5. The number of benzene rings is 2. The molecule has 2 heterocycles. The molecule has 116 valence electrons. The summed E-state index contributed by atoms with van der Waals surface area (Å²) >= 11 is 0. The Morgan fingerprint density at radius 2 is 1.74 bits per heavy atom. The maximum absolute atomic E-state index is 4.54. The summed E-state index contributed by atoms with van der Waals surface area (Å²) in [4.78, 5) is 2.29. The van der Waals surface area contributed by atoms with Crippen molar-refractivity contribution in [3.63, 3.8) is 0 Å². The Balaban J connectivity index is 2.05. The third kappa shape index (κ3) is 2.22. The van der Waals surface area contributed by atoms with E-state index in [1.54, 1.807) is 0 Å². The molecule has 0 N–H and O–H groups in total. The maximum Gasteiger partial charge on any atom is 0.123 e. The number of hydrogen-bond donors (Lipinski definition) is 0. The molecule has 1 aliphatic heterocycles. The van der Waals surface area contributed by atoms with Gasteiger partial charge in [-0.25, -0.2) is 4.68 Å². The fourth-order valence-electron chi connectivity index (χ4n) is 3.37. The van der Waals surface area contributed by atoms with Crippen molar-refractivity contribution in [3.8, 4) is 22.5 Å². The number of nitrogens with zero attached hydrogens (tertiary/aromatic N) is 4. The van der Waals surface area contributed by atoms with Gasteiger partial charge in [0.15, 0.2) is 0 Å². The maximum atomic E-state index is 4.54. The van der Waals surface area contributed by atoms with E-state index in [9.17, 15) is 0 Å². The Morgan fingerprint density at radius 3 is 2.57 bits per heavy atom. The van der Waals surface area contributed by atoms with Gasteiger partial charge in [-0.2, -0.15) is 0 Å². The summed E-state index contributed by atoms with van der Waals surface area (Å²) in [5.74, 6) is 0. The van der Waals surface area contributed by atoms with Gasteiger partial charge in [-0.05, 0) is 18.1 Å². The van der Waals surface area contributed by atoms with Crippen LogP contribution in [0.2, 0.25) is 0 Å². The van der Waals surface area contributed by atoms with Gasteiger partial charge in [0.2, 0.25) is 0 Å². The summed E-state index contributed by atoms with van der Waals surface area (Å²) in [5.41, 5.74) is 7.03. The molecule has 0 fully saturated rings. The quantitative estimate of drug-likeness (QED) is 0.718. The molecular weight excluding hydrogens is 284 g/mol. The second-order valence-corrected chi connectivity index (χ2v) is 6.04. The molecule has 0 atom stereocenters. The lowest BCUT2D eigenvalue weighted by Gasteiger charge is -2.26. The Morgan fingerprint density at radius 1 is 1.00 bits per heavy atom. The molecule has 0 aliphatic carbocycles. The highest BCUT2D eigenvalue weighted by molar-refractivity contribution is 5.87. The Hall–Kier alpha value is -2.62. The van der Waals surface area contributed by atoms with Crippen LogP contribution in [0.1, 0.15) is 18.9 Å². The minimum atomic E-state index is 0.879. The molecule has 23 heavy (non-hydrogen) atoms. The summed E-state index contributed by atoms with van der Waals surface area (Å²) in [6.45, 7) is 3.93.